The van der Waals surface area contributed by atoms with Gasteiger partial charge in [-0.2, -0.15) is 0 Å². The van der Waals surface area contributed by atoms with Crippen LogP contribution in [0.4, 0.5) is 5.69 Å². The molecule has 0 aliphatic carbocycles. The molecule has 2 amide bonds. The van der Waals surface area contributed by atoms with Crippen molar-refractivity contribution in [1.82, 2.24) is 19.7 Å². The second kappa shape index (κ2) is 9.17. The molecule has 1 N–H and O–H groups in total. The van der Waals surface area contributed by atoms with E-state index in [1.165, 1.54) is 0 Å². The normalized spacial score (nSPS) is 14.7. The lowest BCUT2D eigenvalue weighted by Gasteiger charge is -2.30. The maximum absolute atomic E-state index is 12.7. The lowest BCUT2D eigenvalue weighted by molar-refractivity contribution is -0.130. The first-order valence-corrected chi connectivity index (χ1v) is 9.97. The first-order chi connectivity index (χ1) is 14.7. The molecule has 0 unspecified atom stereocenters. The molecule has 152 valence electrons. The molecule has 7 nitrogen and oxygen atoms in total. The predicted octanol–water partition coefficient (Wildman–Crippen LogP) is 3.16. The number of nitrogens with one attached hydrogen (secondary N) is 1. The van der Waals surface area contributed by atoms with E-state index in [1.54, 1.807) is 28.2 Å². The molecule has 1 aromatic heterocycles. The van der Waals surface area contributed by atoms with Crippen molar-refractivity contribution in [3.63, 3.8) is 0 Å². The smallest absolute Gasteiger partial charge is 0.246 e. The molecule has 30 heavy (non-hydrogen) atoms. The van der Waals surface area contributed by atoms with Crippen LogP contribution in [0.25, 0.3) is 11.8 Å². The van der Waals surface area contributed by atoms with Crippen molar-refractivity contribution in [2.75, 3.05) is 18.4 Å². The summed E-state index contributed by atoms with van der Waals surface area (Å²) in [6.07, 6.45) is 7.96. The van der Waals surface area contributed by atoms with Gasteiger partial charge in [-0.15, -0.1) is 10.2 Å². The third kappa shape index (κ3) is 4.81. The molecule has 0 spiro atoms. The van der Waals surface area contributed by atoms with Gasteiger partial charge in [-0.25, -0.2) is 0 Å². The van der Waals surface area contributed by atoms with Crippen LogP contribution in [0, 0.1) is 5.92 Å². The zero-order valence-electron chi connectivity index (χ0n) is 16.5. The number of rotatable bonds is 5. The number of hydrogen-bond acceptors (Lipinski definition) is 4. The summed E-state index contributed by atoms with van der Waals surface area (Å²) < 4.78 is 1.78. The highest BCUT2D eigenvalue weighted by molar-refractivity contribution is 5.94. The molecule has 1 aliphatic rings. The second-order valence-electron chi connectivity index (χ2n) is 7.25. The minimum atomic E-state index is -0.106. The Kier molecular flexibility index (Phi) is 5.98. The summed E-state index contributed by atoms with van der Waals surface area (Å²) in [5.41, 5.74) is 2.60. The van der Waals surface area contributed by atoms with Gasteiger partial charge in [-0.05, 0) is 42.7 Å². The van der Waals surface area contributed by atoms with Gasteiger partial charge in [-0.1, -0.05) is 36.4 Å². The molecule has 1 fully saturated rings. The van der Waals surface area contributed by atoms with Crippen LogP contribution in [-0.4, -0.2) is 44.6 Å². The monoisotopic (exact) mass is 401 g/mol. The molecule has 2 heterocycles. The summed E-state index contributed by atoms with van der Waals surface area (Å²) in [5, 5.41) is 10.6. The Hall–Kier alpha value is -3.74. The fourth-order valence-corrected chi connectivity index (χ4v) is 3.52. The van der Waals surface area contributed by atoms with Gasteiger partial charge < -0.3 is 10.2 Å². The molecule has 0 saturated carbocycles. The highest BCUT2D eigenvalue weighted by Gasteiger charge is 2.26. The maximum Gasteiger partial charge on any atom is 0.246 e. The van der Waals surface area contributed by atoms with Crippen molar-refractivity contribution in [3.8, 4) is 5.69 Å². The Morgan fingerprint density at radius 3 is 2.43 bits per heavy atom. The molecule has 1 aliphatic heterocycles. The van der Waals surface area contributed by atoms with E-state index in [2.05, 4.69) is 15.5 Å². The van der Waals surface area contributed by atoms with Crippen LogP contribution < -0.4 is 5.32 Å². The van der Waals surface area contributed by atoms with Crippen LogP contribution in [0.15, 0.2) is 73.3 Å². The quantitative estimate of drug-likeness (QED) is 0.666. The van der Waals surface area contributed by atoms with E-state index in [0.29, 0.717) is 25.9 Å². The zero-order chi connectivity index (χ0) is 20.8. The molecular weight excluding hydrogens is 378 g/mol. The largest absolute Gasteiger partial charge is 0.339 e. The number of carbonyl (C=O) groups excluding carboxylic acids is 2. The molecule has 1 saturated heterocycles. The number of carbonyl (C=O) groups is 2. The summed E-state index contributed by atoms with van der Waals surface area (Å²) in [7, 11) is 0. The Bertz CT molecular complexity index is 1020. The Labute approximate surface area is 175 Å². The van der Waals surface area contributed by atoms with Crippen LogP contribution in [0.3, 0.4) is 0 Å². The molecule has 7 heteroatoms. The molecule has 4 rings (SSSR count). The first-order valence-electron chi connectivity index (χ1n) is 9.97. The zero-order valence-corrected chi connectivity index (χ0v) is 16.5. The standard InChI is InChI=1S/C23H23N5O2/c29-22(10-9-18-5-2-1-3-6-18)27-13-11-19(12-14-27)23(30)26-20-7-4-8-21(15-20)28-16-24-25-17-28/h1-10,15-17,19H,11-14H2,(H,26,30). The van der Waals surface area contributed by atoms with Crippen molar-refractivity contribution in [3.05, 3.63) is 78.9 Å². The fraction of sp³-hybridized carbons (Fsp3) is 0.217. The number of amides is 2. The predicted molar refractivity (Wildman–Crippen MR) is 115 cm³/mol. The van der Waals surface area contributed by atoms with E-state index >= 15 is 0 Å². The van der Waals surface area contributed by atoms with Gasteiger partial charge in [0, 0.05) is 30.8 Å². The van der Waals surface area contributed by atoms with Crippen molar-refractivity contribution < 1.29 is 9.59 Å². The average Bonchev–Trinajstić information content (AvgIpc) is 3.33. The SMILES string of the molecule is O=C(Nc1cccc(-n2cnnc2)c1)C1CCN(C(=O)C=Cc2ccccc2)CC1. The van der Waals surface area contributed by atoms with E-state index in [9.17, 15) is 9.59 Å². The van der Waals surface area contributed by atoms with Crippen LogP contribution in [-0.2, 0) is 9.59 Å². The average molecular weight is 401 g/mol. The molecule has 3 aromatic rings. The first kappa shape index (κ1) is 19.6. The lowest BCUT2D eigenvalue weighted by atomic mass is 9.95. The van der Waals surface area contributed by atoms with Crippen molar-refractivity contribution in [2.24, 2.45) is 5.92 Å². The molecule has 0 bridgehead atoms. The topological polar surface area (TPSA) is 80.1 Å². The number of hydrogen-bond donors (Lipinski definition) is 1. The van der Waals surface area contributed by atoms with Gasteiger partial charge in [0.15, 0.2) is 0 Å². The molecule has 0 atom stereocenters. The molecular formula is C23H23N5O2. The van der Waals surface area contributed by atoms with Gasteiger partial charge in [0.1, 0.15) is 12.7 Å². The van der Waals surface area contributed by atoms with E-state index in [4.69, 9.17) is 0 Å². The Balaban J connectivity index is 1.30. The maximum atomic E-state index is 12.7. The summed E-state index contributed by atoms with van der Waals surface area (Å²) in [6.45, 7) is 1.16. The van der Waals surface area contributed by atoms with Gasteiger partial charge in [0.05, 0.1) is 5.69 Å². The fourth-order valence-electron chi connectivity index (χ4n) is 3.52. The summed E-state index contributed by atoms with van der Waals surface area (Å²) in [5.74, 6) is -0.132. The highest BCUT2D eigenvalue weighted by atomic mass is 16.2. The summed E-state index contributed by atoms with van der Waals surface area (Å²) in [4.78, 5) is 26.9. The van der Waals surface area contributed by atoms with E-state index in [0.717, 1.165) is 16.9 Å². The summed E-state index contributed by atoms with van der Waals surface area (Å²) in [6, 6.07) is 17.3. The van der Waals surface area contributed by atoms with Gasteiger partial charge in [0.2, 0.25) is 11.8 Å². The van der Waals surface area contributed by atoms with Gasteiger partial charge >= 0.3 is 0 Å². The molecule has 2 aromatic carbocycles. The number of likely N-dealkylation sites (tertiary alicyclic amines) is 1. The van der Waals surface area contributed by atoms with Crippen molar-refractivity contribution in [2.45, 2.75) is 12.8 Å². The van der Waals surface area contributed by atoms with Crippen LogP contribution in [0.1, 0.15) is 18.4 Å². The number of aromatic nitrogens is 3. The van der Waals surface area contributed by atoms with E-state index in [-0.39, 0.29) is 17.7 Å². The van der Waals surface area contributed by atoms with E-state index < -0.39 is 0 Å². The lowest BCUT2D eigenvalue weighted by Crippen LogP contribution is -2.40. The van der Waals surface area contributed by atoms with Crippen LogP contribution in [0.2, 0.25) is 0 Å². The highest BCUT2D eigenvalue weighted by Crippen LogP contribution is 2.21. The Morgan fingerprint density at radius 1 is 0.967 bits per heavy atom. The number of nitrogens with zero attached hydrogens (tertiary/aromatic N) is 4. The third-order valence-electron chi connectivity index (χ3n) is 5.23. The van der Waals surface area contributed by atoms with Crippen molar-refractivity contribution >= 4 is 23.6 Å². The number of piperidine rings is 1. The Morgan fingerprint density at radius 2 is 1.70 bits per heavy atom. The summed E-state index contributed by atoms with van der Waals surface area (Å²) >= 11 is 0. The molecule has 0 radical (unpaired) electrons. The van der Waals surface area contributed by atoms with Gasteiger partial charge in [0.25, 0.3) is 0 Å². The van der Waals surface area contributed by atoms with Crippen LogP contribution >= 0.6 is 0 Å². The second-order valence-corrected chi connectivity index (χ2v) is 7.25. The van der Waals surface area contributed by atoms with Gasteiger partial charge in [-0.3, -0.25) is 14.2 Å². The minimum absolute atomic E-state index is 0.0113. The number of anilines is 1. The minimum Gasteiger partial charge on any atom is -0.339 e. The third-order valence-corrected chi connectivity index (χ3v) is 5.23. The van der Waals surface area contributed by atoms with Crippen LogP contribution in [0.5, 0.6) is 0 Å². The number of benzene rings is 2. The van der Waals surface area contributed by atoms with E-state index in [1.807, 2.05) is 60.7 Å². The van der Waals surface area contributed by atoms with Crippen molar-refractivity contribution in [1.29, 1.82) is 0 Å².